The van der Waals surface area contributed by atoms with E-state index < -0.39 is 0 Å². The molecule has 2 atom stereocenters. The zero-order chi connectivity index (χ0) is 9.38. The van der Waals surface area contributed by atoms with Crippen LogP contribution >= 0.6 is 11.5 Å². The van der Waals surface area contributed by atoms with Crippen molar-refractivity contribution in [3.05, 3.63) is 11.1 Å². The largest absolute Gasteiger partial charge is 0.311 e. The first-order valence-corrected chi connectivity index (χ1v) is 5.93. The highest BCUT2D eigenvalue weighted by Gasteiger charge is 2.33. The molecule has 3 aliphatic heterocycles. The molecule has 0 spiro atoms. The second-order valence-electron chi connectivity index (χ2n) is 4.15. The molecule has 0 amide bonds. The van der Waals surface area contributed by atoms with Crippen LogP contribution in [-0.4, -0.2) is 39.7 Å². The van der Waals surface area contributed by atoms with E-state index in [1.165, 1.54) is 35.8 Å². The van der Waals surface area contributed by atoms with Crippen LogP contribution in [-0.2, 0) is 6.54 Å². The second kappa shape index (κ2) is 3.56. The zero-order valence-corrected chi connectivity index (χ0v) is 8.83. The van der Waals surface area contributed by atoms with Gasteiger partial charge < -0.3 is 5.32 Å². The number of rotatable bonds is 2. The van der Waals surface area contributed by atoms with E-state index in [4.69, 9.17) is 0 Å². The van der Waals surface area contributed by atoms with E-state index in [1.807, 2.05) is 6.20 Å². The van der Waals surface area contributed by atoms with Crippen molar-refractivity contribution in [3.63, 3.8) is 0 Å². The summed E-state index contributed by atoms with van der Waals surface area (Å²) in [6.45, 7) is 3.40. The van der Waals surface area contributed by atoms with Crippen molar-refractivity contribution in [3.8, 4) is 0 Å². The third kappa shape index (κ3) is 1.55. The average Bonchev–Trinajstić information content (AvgIpc) is 2.72. The Morgan fingerprint density at radius 3 is 3.14 bits per heavy atom. The van der Waals surface area contributed by atoms with Crippen LogP contribution in [0.5, 0.6) is 0 Å². The maximum atomic E-state index is 3.90. The lowest BCUT2D eigenvalue weighted by Crippen LogP contribution is -2.60. The van der Waals surface area contributed by atoms with Gasteiger partial charge in [0.05, 0.1) is 11.1 Å². The van der Waals surface area contributed by atoms with Gasteiger partial charge in [-0.25, -0.2) is 0 Å². The summed E-state index contributed by atoms with van der Waals surface area (Å²) in [4.78, 5) is 3.86. The van der Waals surface area contributed by atoms with Gasteiger partial charge in [0, 0.05) is 31.7 Å². The zero-order valence-electron chi connectivity index (χ0n) is 8.02. The second-order valence-corrected chi connectivity index (χ2v) is 5.02. The Balaban J connectivity index is 1.68. The average molecular weight is 210 g/mol. The summed E-state index contributed by atoms with van der Waals surface area (Å²) >= 11 is 1.52. The van der Waals surface area contributed by atoms with E-state index >= 15 is 0 Å². The van der Waals surface area contributed by atoms with Crippen molar-refractivity contribution in [2.75, 3.05) is 13.1 Å². The normalized spacial score (nSPS) is 32.3. The summed E-state index contributed by atoms with van der Waals surface area (Å²) in [5.41, 5.74) is 0. The molecule has 0 aromatic carbocycles. The smallest absolute Gasteiger partial charge is 0.0666 e. The van der Waals surface area contributed by atoms with Gasteiger partial charge in [0.1, 0.15) is 0 Å². The molecule has 2 unspecified atom stereocenters. The number of aromatic nitrogens is 2. The summed E-state index contributed by atoms with van der Waals surface area (Å²) in [5.74, 6) is 0. The van der Waals surface area contributed by atoms with Gasteiger partial charge in [-0.3, -0.25) is 4.90 Å². The molecule has 2 bridgehead atoms. The predicted octanol–water partition coefficient (Wildman–Crippen LogP) is 0.474. The third-order valence-electron chi connectivity index (χ3n) is 3.23. The van der Waals surface area contributed by atoms with Crippen molar-refractivity contribution in [2.24, 2.45) is 0 Å². The van der Waals surface area contributed by atoms with Crippen LogP contribution in [0.4, 0.5) is 0 Å². The van der Waals surface area contributed by atoms with Crippen molar-refractivity contribution in [1.29, 1.82) is 0 Å². The van der Waals surface area contributed by atoms with E-state index in [1.54, 1.807) is 0 Å². The van der Waals surface area contributed by atoms with Gasteiger partial charge >= 0.3 is 0 Å². The monoisotopic (exact) mass is 210 g/mol. The fourth-order valence-electron chi connectivity index (χ4n) is 2.45. The van der Waals surface area contributed by atoms with Crippen LogP contribution in [0.25, 0.3) is 0 Å². The minimum atomic E-state index is 0.723. The summed E-state index contributed by atoms with van der Waals surface area (Å²) < 4.78 is 3.90. The molecule has 4 heterocycles. The fraction of sp³-hybridized carbons (Fsp3) is 0.778. The molecule has 1 N–H and O–H groups in total. The topological polar surface area (TPSA) is 41.1 Å². The van der Waals surface area contributed by atoms with Gasteiger partial charge in [0.15, 0.2) is 0 Å². The number of nitrogens with one attached hydrogen (secondary N) is 1. The van der Waals surface area contributed by atoms with Crippen LogP contribution < -0.4 is 5.32 Å². The highest BCUT2D eigenvalue weighted by molar-refractivity contribution is 7.05. The molecule has 14 heavy (non-hydrogen) atoms. The lowest BCUT2D eigenvalue weighted by Gasteiger charge is -2.45. The van der Waals surface area contributed by atoms with Gasteiger partial charge in [0.25, 0.3) is 0 Å². The first-order chi connectivity index (χ1) is 6.92. The Hall–Kier alpha value is -0.520. The van der Waals surface area contributed by atoms with E-state index in [-0.39, 0.29) is 0 Å². The molecule has 4 rings (SSSR count). The predicted molar refractivity (Wildman–Crippen MR) is 55.1 cm³/mol. The highest BCUT2D eigenvalue weighted by Crippen LogP contribution is 2.24. The SMILES string of the molecule is c1nnsc1CN1CC2CCC1CN2. The maximum absolute atomic E-state index is 3.90. The fourth-order valence-corrected chi connectivity index (χ4v) is 2.97. The molecule has 5 heteroatoms. The van der Waals surface area contributed by atoms with E-state index in [2.05, 4.69) is 19.8 Å². The lowest BCUT2D eigenvalue weighted by molar-refractivity contribution is 0.0694. The standard InChI is InChI=1S/C9H14N4S/c1-2-8-3-10-7(1)5-13(8)6-9-4-11-12-14-9/h4,7-8,10H,1-3,5-6H2. The molecule has 3 saturated heterocycles. The van der Waals surface area contributed by atoms with Gasteiger partial charge in [-0.1, -0.05) is 4.49 Å². The van der Waals surface area contributed by atoms with E-state index in [0.29, 0.717) is 0 Å². The molecule has 0 saturated carbocycles. The minimum absolute atomic E-state index is 0.723. The minimum Gasteiger partial charge on any atom is -0.311 e. The molecule has 0 radical (unpaired) electrons. The highest BCUT2D eigenvalue weighted by atomic mass is 32.1. The van der Waals surface area contributed by atoms with Crippen molar-refractivity contribution < 1.29 is 0 Å². The van der Waals surface area contributed by atoms with Gasteiger partial charge in [-0.05, 0) is 24.4 Å². The molecule has 3 fully saturated rings. The van der Waals surface area contributed by atoms with Crippen LogP contribution in [0.15, 0.2) is 6.20 Å². The van der Waals surface area contributed by atoms with E-state index in [9.17, 15) is 0 Å². The molecule has 1 aromatic heterocycles. The van der Waals surface area contributed by atoms with Gasteiger partial charge in [-0.2, -0.15) is 0 Å². The Bertz CT molecular complexity index is 292. The van der Waals surface area contributed by atoms with E-state index in [0.717, 1.165) is 25.2 Å². The molecule has 1 aromatic rings. The van der Waals surface area contributed by atoms with Crippen LogP contribution in [0.2, 0.25) is 0 Å². The number of nitrogens with zero attached hydrogens (tertiary/aromatic N) is 3. The van der Waals surface area contributed by atoms with Crippen LogP contribution in [0.1, 0.15) is 17.7 Å². The van der Waals surface area contributed by atoms with Crippen molar-refractivity contribution in [2.45, 2.75) is 31.5 Å². The summed E-state index contributed by atoms with van der Waals surface area (Å²) in [7, 11) is 0. The number of piperidine rings is 2. The molecular formula is C9H14N4S. The molecule has 3 aliphatic rings. The van der Waals surface area contributed by atoms with Crippen LogP contribution in [0, 0.1) is 0 Å². The Labute approximate surface area is 87.5 Å². The van der Waals surface area contributed by atoms with Crippen molar-refractivity contribution >= 4 is 11.5 Å². The lowest BCUT2D eigenvalue weighted by atomic mass is 9.93. The number of hydrogen-bond acceptors (Lipinski definition) is 5. The number of hydrogen-bond donors (Lipinski definition) is 1. The van der Waals surface area contributed by atoms with Crippen molar-refractivity contribution in [1.82, 2.24) is 19.8 Å². The molecule has 4 nitrogen and oxygen atoms in total. The molecule has 0 aliphatic carbocycles. The summed E-state index contributed by atoms with van der Waals surface area (Å²) in [6.07, 6.45) is 4.59. The Kier molecular flexibility index (Phi) is 2.23. The van der Waals surface area contributed by atoms with Gasteiger partial charge in [-0.15, -0.1) is 5.10 Å². The molecule has 76 valence electrons. The third-order valence-corrected chi connectivity index (χ3v) is 3.87. The van der Waals surface area contributed by atoms with Crippen LogP contribution in [0.3, 0.4) is 0 Å². The number of piperazine rings is 1. The number of fused-ring (bicyclic) bond motifs is 3. The summed E-state index contributed by atoms with van der Waals surface area (Å²) in [5, 5.41) is 7.43. The van der Waals surface area contributed by atoms with Gasteiger partial charge in [0.2, 0.25) is 0 Å². The quantitative estimate of drug-likeness (QED) is 0.770. The maximum Gasteiger partial charge on any atom is 0.0666 e. The first-order valence-electron chi connectivity index (χ1n) is 5.15. The summed E-state index contributed by atoms with van der Waals surface area (Å²) in [6, 6.07) is 1.46. The first kappa shape index (κ1) is 8.76. The molecular weight excluding hydrogens is 196 g/mol. The Morgan fingerprint density at radius 2 is 2.57 bits per heavy atom. The Morgan fingerprint density at radius 1 is 1.57 bits per heavy atom.